The number of hydrogen-bond donors (Lipinski definition) is 4. The zero-order valence-electron chi connectivity index (χ0n) is 10.5. The van der Waals surface area contributed by atoms with Crippen LogP contribution in [-0.2, 0) is 0 Å². The van der Waals surface area contributed by atoms with Crippen molar-refractivity contribution in [2.24, 2.45) is 10.9 Å². The maximum Gasteiger partial charge on any atom is 0.255 e. The molecule has 1 aromatic rings. The molecule has 0 radical (unpaired) electrons. The lowest BCUT2D eigenvalue weighted by Crippen LogP contribution is -2.53. The predicted octanol–water partition coefficient (Wildman–Crippen LogP) is 1.06. The number of phenols is 1. The van der Waals surface area contributed by atoms with Gasteiger partial charge < -0.3 is 21.4 Å². The molecule has 0 spiro atoms. The van der Waals surface area contributed by atoms with E-state index in [1.165, 1.54) is 13.8 Å². The molecule has 1 amide bonds. The topological polar surface area (TPSA) is 108 Å². The number of benzene rings is 1. The number of oxime groups is 1. The minimum absolute atomic E-state index is 0.294. The summed E-state index contributed by atoms with van der Waals surface area (Å²) in [5, 5.41) is 22.4. The molecule has 0 saturated carbocycles. The number of nitrogens with two attached hydrogens (primary N) is 1. The smallest absolute Gasteiger partial charge is 0.255 e. The van der Waals surface area contributed by atoms with Gasteiger partial charge in [0.2, 0.25) is 5.82 Å². The number of carbonyl (C=O) groups excluding carboxylic acids is 1. The van der Waals surface area contributed by atoms with Crippen molar-refractivity contribution >= 4 is 11.7 Å². The van der Waals surface area contributed by atoms with Crippen molar-refractivity contribution in [2.75, 3.05) is 0 Å². The number of nitrogens with one attached hydrogen (secondary N) is 1. The van der Waals surface area contributed by atoms with Crippen LogP contribution in [0.3, 0.4) is 0 Å². The number of carbonyl (C=O) groups is 1. The van der Waals surface area contributed by atoms with Crippen molar-refractivity contribution in [3.05, 3.63) is 29.1 Å². The molecule has 6 nitrogen and oxygen atoms in total. The molecule has 1 rings (SSSR count). The van der Waals surface area contributed by atoms with Gasteiger partial charge in [0, 0.05) is 0 Å². The van der Waals surface area contributed by atoms with Crippen molar-refractivity contribution in [1.82, 2.24) is 5.32 Å². The highest BCUT2D eigenvalue weighted by atomic mass is 19.2. The highest BCUT2D eigenvalue weighted by molar-refractivity contribution is 6.00. The fourth-order valence-corrected chi connectivity index (χ4v) is 1.30. The third-order valence-electron chi connectivity index (χ3n) is 2.55. The average Bonchev–Trinajstić information content (AvgIpc) is 2.38. The largest absolute Gasteiger partial charge is 0.503 e. The number of phenolic OH excluding ortho intramolecular Hbond substituents is 1. The molecule has 0 aromatic heterocycles. The first-order valence-corrected chi connectivity index (χ1v) is 5.28. The van der Waals surface area contributed by atoms with E-state index in [2.05, 4.69) is 10.5 Å². The normalized spacial score (nSPS) is 12.3. The van der Waals surface area contributed by atoms with Gasteiger partial charge in [0.1, 0.15) is 0 Å². The van der Waals surface area contributed by atoms with E-state index in [1.54, 1.807) is 0 Å². The average molecular weight is 291 g/mol. The number of nitrogens with zero attached hydrogens (tertiary/aromatic N) is 1. The molecule has 0 saturated heterocycles. The van der Waals surface area contributed by atoms with E-state index >= 15 is 0 Å². The zero-order chi connectivity index (χ0) is 15.7. The van der Waals surface area contributed by atoms with Gasteiger partial charge in [-0.1, -0.05) is 5.16 Å². The SMILES string of the molecule is CC(C)(NC(=O)c1cc(F)c(F)c(O)c1F)/C(N)=N/O. The van der Waals surface area contributed by atoms with Crippen LogP contribution in [-0.4, -0.2) is 27.6 Å². The first-order valence-electron chi connectivity index (χ1n) is 5.28. The first-order chi connectivity index (χ1) is 9.11. The van der Waals surface area contributed by atoms with Crippen LogP contribution < -0.4 is 11.1 Å². The van der Waals surface area contributed by atoms with Gasteiger partial charge in [-0.3, -0.25) is 4.79 Å². The number of rotatable bonds is 3. The van der Waals surface area contributed by atoms with Gasteiger partial charge in [-0.05, 0) is 19.9 Å². The molecule has 0 bridgehead atoms. The Labute approximate surface area is 111 Å². The second-order valence-electron chi connectivity index (χ2n) is 4.45. The Balaban J connectivity index is 3.18. The molecule has 0 fully saturated rings. The van der Waals surface area contributed by atoms with Crippen LogP contribution in [0.15, 0.2) is 11.2 Å². The Morgan fingerprint density at radius 2 is 1.90 bits per heavy atom. The monoisotopic (exact) mass is 291 g/mol. The van der Waals surface area contributed by atoms with Crippen molar-refractivity contribution in [1.29, 1.82) is 0 Å². The van der Waals surface area contributed by atoms with Crippen LogP contribution in [0.1, 0.15) is 24.2 Å². The van der Waals surface area contributed by atoms with Crippen LogP contribution in [0.25, 0.3) is 0 Å². The van der Waals surface area contributed by atoms with E-state index in [0.29, 0.717) is 6.07 Å². The Kier molecular flexibility index (Phi) is 4.11. The Bertz CT molecular complexity index is 588. The molecule has 0 unspecified atom stereocenters. The lowest BCUT2D eigenvalue weighted by Gasteiger charge is -2.24. The first kappa shape index (κ1) is 15.6. The maximum absolute atomic E-state index is 13.5. The van der Waals surface area contributed by atoms with Crippen LogP contribution in [0.4, 0.5) is 13.2 Å². The Morgan fingerprint density at radius 1 is 1.35 bits per heavy atom. The van der Waals surface area contributed by atoms with E-state index in [4.69, 9.17) is 16.0 Å². The van der Waals surface area contributed by atoms with Gasteiger partial charge in [-0.25, -0.2) is 8.78 Å². The highest BCUT2D eigenvalue weighted by Crippen LogP contribution is 2.26. The van der Waals surface area contributed by atoms with Gasteiger partial charge in [-0.2, -0.15) is 4.39 Å². The second-order valence-corrected chi connectivity index (χ2v) is 4.45. The van der Waals surface area contributed by atoms with Gasteiger partial charge in [0.25, 0.3) is 5.91 Å². The summed E-state index contributed by atoms with van der Waals surface area (Å²) in [7, 11) is 0. The minimum atomic E-state index is -1.80. The molecule has 1 aromatic carbocycles. The summed E-state index contributed by atoms with van der Waals surface area (Å²) < 4.78 is 39.5. The second kappa shape index (κ2) is 5.27. The summed E-state index contributed by atoms with van der Waals surface area (Å²) in [6.45, 7) is 2.66. The maximum atomic E-state index is 13.5. The lowest BCUT2D eigenvalue weighted by atomic mass is 10.0. The summed E-state index contributed by atoms with van der Waals surface area (Å²) in [6.07, 6.45) is 0. The van der Waals surface area contributed by atoms with Gasteiger partial charge in [0.15, 0.2) is 23.2 Å². The third-order valence-corrected chi connectivity index (χ3v) is 2.55. The molecular weight excluding hydrogens is 279 g/mol. The molecule has 0 atom stereocenters. The zero-order valence-corrected chi connectivity index (χ0v) is 10.5. The molecule has 0 heterocycles. The van der Waals surface area contributed by atoms with E-state index < -0.39 is 46.0 Å². The predicted molar refractivity (Wildman–Crippen MR) is 62.9 cm³/mol. The lowest BCUT2D eigenvalue weighted by molar-refractivity contribution is 0.0925. The summed E-state index contributed by atoms with van der Waals surface area (Å²) >= 11 is 0. The summed E-state index contributed by atoms with van der Waals surface area (Å²) in [6, 6.07) is 0.294. The summed E-state index contributed by atoms with van der Waals surface area (Å²) in [5.41, 5.74) is 3.01. The van der Waals surface area contributed by atoms with Crippen LogP contribution >= 0.6 is 0 Å². The molecule has 5 N–H and O–H groups in total. The van der Waals surface area contributed by atoms with E-state index in [0.717, 1.165) is 0 Å². The standard InChI is InChI=1S/C11H12F3N3O3/c1-11(2,10(15)17-20)16-9(19)4-3-5(12)7(14)8(18)6(4)13/h3,18,20H,1-2H3,(H2,15,17)(H,16,19). The van der Waals surface area contributed by atoms with E-state index in [-0.39, 0.29) is 0 Å². The number of amidine groups is 1. The molecule has 110 valence electrons. The van der Waals surface area contributed by atoms with Crippen LogP contribution in [0.5, 0.6) is 5.75 Å². The molecule has 0 aliphatic rings. The number of hydrogen-bond acceptors (Lipinski definition) is 4. The fourth-order valence-electron chi connectivity index (χ4n) is 1.30. The van der Waals surface area contributed by atoms with Crippen molar-refractivity contribution in [3.8, 4) is 5.75 Å². The highest BCUT2D eigenvalue weighted by Gasteiger charge is 2.29. The van der Waals surface area contributed by atoms with Crippen molar-refractivity contribution in [2.45, 2.75) is 19.4 Å². The Hall–Kier alpha value is -2.45. The molecule has 20 heavy (non-hydrogen) atoms. The fraction of sp³-hybridized carbons (Fsp3) is 0.273. The number of amides is 1. The Morgan fingerprint density at radius 3 is 2.40 bits per heavy atom. The van der Waals surface area contributed by atoms with Crippen molar-refractivity contribution in [3.63, 3.8) is 0 Å². The quantitative estimate of drug-likeness (QED) is 0.219. The van der Waals surface area contributed by atoms with Gasteiger partial charge in [-0.15, -0.1) is 0 Å². The molecule has 0 aliphatic heterocycles. The van der Waals surface area contributed by atoms with Crippen LogP contribution in [0, 0.1) is 17.5 Å². The van der Waals surface area contributed by atoms with E-state index in [1.807, 2.05) is 0 Å². The third kappa shape index (κ3) is 2.76. The van der Waals surface area contributed by atoms with Crippen LogP contribution in [0.2, 0.25) is 0 Å². The molecule has 0 aliphatic carbocycles. The minimum Gasteiger partial charge on any atom is -0.503 e. The molecular formula is C11H12F3N3O3. The number of halogens is 3. The molecule has 9 heteroatoms. The van der Waals surface area contributed by atoms with Gasteiger partial charge in [0.05, 0.1) is 11.1 Å². The number of aromatic hydroxyl groups is 1. The van der Waals surface area contributed by atoms with Crippen molar-refractivity contribution < 1.29 is 28.3 Å². The summed E-state index contributed by atoms with van der Waals surface area (Å²) in [4.78, 5) is 11.8. The summed E-state index contributed by atoms with van der Waals surface area (Å²) in [5.74, 6) is -8.16. The van der Waals surface area contributed by atoms with Gasteiger partial charge >= 0.3 is 0 Å². The van der Waals surface area contributed by atoms with E-state index in [9.17, 15) is 18.0 Å².